The highest BCUT2D eigenvalue weighted by atomic mass is 32.2. The fourth-order valence-electron chi connectivity index (χ4n) is 2.45. The number of hydrogen-bond donors (Lipinski definition) is 1. The maximum atomic E-state index is 11.5. The van der Waals surface area contributed by atoms with Crippen LogP contribution in [-0.4, -0.2) is 27.5 Å². The van der Waals surface area contributed by atoms with Gasteiger partial charge in [-0.05, 0) is 29.8 Å². The number of terminal acetylenes is 1. The minimum absolute atomic E-state index is 0.390. The molecule has 0 spiro atoms. The highest BCUT2D eigenvalue weighted by Crippen LogP contribution is 2.30. The van der Waals surface area contributed by atoms with Gasteiger partial charge < -0.3 is 9.46 Å². The third kappa shape index (κ3) is 3.07. The van der Waals surface area contributed by atoms with Gasteiger partial charge in [0.15, 0.2) is 0 Å². The van der Waals surface area contributed by atoms with E-state index in [-0.39, 0.29) is 0 Å². The molecule has 0 aliphatic heterocycles. The Bertz CT molecular complexity index is 980. The summed E-state index contributed by atoms with van der Waals surface area (Å²) in [5.74, 6) is 3.07. The summed E-state index contributed by atoms with van der Waals surface area (Å²) < 4.78 is 19.5. The second kappa shape index (κ2) is 6.69. The average Bonchev–Trinajstić information content (AvgIpc) is 2.60. The second-order valence-electron chi connectivity index (χ2n) is 5.07. The van der Waals surface area contributed by atoms with Crippen LogP contribution in [0.1, 0.15) is 5.56 Å². The molecule has 1 atom stereocenters. The van der Waals surface area contributed by atoms with E-state index in [0.29, 0.717) is 11.6 Å². The van der Waals surface area contributed by atoms with Gasteiger partial charge in [-0.2, -0.15) is 0 Å². The summed E-state index contributed by atoms with van der Waals surface area (Å²) in [5.41, 5.74) is 3.99. The van der Waals surface area contributed by atoms with Crippen LogP contribution in [0.2, 0.25) is 0 Å². The first-order valence-electron chi connectivity index (χ1n) is 7.12. The molecule has 3 rings (SSSR count). The zero-order valence-corrected chi connectivity index (χ0v) is 14.1. The maximum absolute atomic E-state index is 11.5. The lowest BCUT2D eigenvalue weighted by atomic mass is 10.0. The molecule has 0 aliphatic rings. The van der Waals surface area contributed by atoms with Crippen molar-refractivity contribution in [2.75, 3.05) is 18.1 Å². The fourth-order valence-corrected chi connectivity index (χ4v) is 2.91. The zero-order valence-electron chi connectivity index (χ0n) is 13.2. The van der Waals surface area contributed by atoms with E-state index in [4.69, 9.17) is 11.2 Å². The molecule has 3 aromatic rings. The summed E-state index contributed by atoms with van der Waals surface area (Å²) in [6.07, 6.45) is 10.5. The normalized spacial score (nSPS) is 11.7. The second-order valence-corrected chi connectivity index (χ2v) is 6.18. The van der Waals surface area contributed by atoms with E-state index in [1.165, 1.54) is 7.11 Å². The minimum atomic E-state index is -1.23. The van der Waals surface area contributed by atoms with Crippen LogP contribution in [0.3, 0.4) is 0 Å². The van der Waals surface area contributed by atoms with Crippen LogP contribution in [-0.2, 0) is 11.0 Å². The van der Waals surface area contributed by atoms with Crippen LogP contribution in [0.15, 0.2) is 42.7 Å². The van der Waals surface area contributed by atoms with Gasteiger partial charge in [-0.1, -0.05) is 12.0 Å². The topological polar surface area (TPSA) is 64.1 Å². The lowest BCUT2D eigenvalue weighted by molar-refractivity contribution is 0.400. The SMILES string of the molecule is C#Cc1ccnc2ccc(-c3cnc(OC)c(NS(C)=O)c3)cc12. The Morgan fingerprint density at radius 1 is 1.21 bits per heavy atom. The molecule has 2 aromatic heterocycles. The summed E-state index contributed by atoms with van der Waals surface area (Å²) >= 11 is 0. The number of fused-ring (bicyclic) bond motifs is 1. The molecule has 24 heavy (non-hydrogen) atoms. The van der Waals surface area contributed by atoms with Gasteiger partial charge in [-0.15, -0.1) is 6.42 Å². The average molecular weight is 337 g/mol. The predicted molar refractivity (Wildman–Crippen MR) is 97.2 cm³/mol. The van der Waals surface area contributed by atoms with Crippen molar-refractivity contribution in [3.63, 3.8) is 0 Å². The van der Waals surface area contributed by atoms with Crippen molar-refractivity contribution >= 4 is 27.6 Å². The molecule has 0 fully saturated rings. The molecule has 0 saturated heterocycles. The van der Waals surface area contributed by atoms with Gasteiger partial charge in [0.2, 0.25) is 5.88 Å². The molecule has 0 bridgehead atoms. The highest BCUT2D eigenvalue weighted by molar-refractivity contribution is 7.85. The van der Waals surface area contributed by atoms with Crippen molar-refractivity contribution < 1.29 is 8.95 Å². The molecule has 1 aromatic carbocycles. The number of rotatable bonds is 4. The van der Waals surface area contributed by atoms with E-state index in [0.717, 1.165) is 27.6 Å². The maximum Gasteiger partial charge on any atom is 0.238 e. The van der Waals surface area contributed by atoms with E-state index in [9.17, 15) is 4.21 Å². The molecule has 0 radical (unpaired) electrons. The van der Waals surface area contributed by atoms with Gasteiger partial charge in [0, 0.05) is 35.2 Å². The van der Waals surface area contributed by atoms with Gasteiger partial charge in [-0.3, -0.25) is 4.98 Å². The molecular weight excluding hydrogens is 322 g/mol. The molecule has 0 amide bonds. The van der Waals surface area contributed by atoms with Crippen molar-refractivity contribution in [2.45, 2.75) is 0 Å². The molecule has 0 saturated carbocycles. The summed E-state index contributed by atoms with van der Waals surface area (Å²) in [7, 11) is 0.294. The van der Waals surface area contributed by atoms with E-state index < -0.39 is 11.0 Å². The van der Waals surface area contributed by atoms with Crippen LogP contribution in [0.5, 0.6) is 5.88 Å². The van der Waals surface area contributed by atoms with Crippen LogP contribution in [0.25, 0.3) is 22.0 Å². The molecule has 0 aliphatic carbocycles. The molecule has 1 unspecified atom stereocenters. The fraction of sp³-hybridized carbons (Fsp3) is 0.111. The Kier molecular flexibility index (Phi) is 4.45. The first-order chi connectivity index (χ1) is 11.6. The molecule has 2 heterocycles. The third-order valence-corrected chi connectivity index (χ3v) is 4.04. The van der Waals surface area contributed by atoms with Gasteiger partial charge in [0.25, 0.3) is 0 Å². The molecule has 6 heteroatoms. The van der Waals surface area contributed by atoms with Crippen molar-refractivity contribution in [3.05, 3.63) is 48.3 Å². The van der Waals surface area contributed by atoms with Gasteiger partial charge >= 0.3 is 0 Å². The van der Waals surface area contributed by atoms with Crippen LogP contribution < -0.4 is 9.46 Å². The number of anilines is 1. The molecule has 5 nitrogen and oxygen atoms in total. The zero-order chi connectivity index (χ0) is 17.1. The Morgan fingerprint density at radius 2 is 2.04 bits per heavy atom. The summed E-state index contributed by atoms with van der Waals surface area (Å²) in [6.45, 7) is 0. The highest BCUT2D eigenvalue weighted by Gasteiger charge is 2.10. The van der Waals surface area contributed by atoms with E-state index in [1.54, 1.807) is 18.6 Å². The first-order valence-corrected chi connectivity index (χ1v) is 8.68. The number of pyridine rings is 2. The van der Waals surface area contributed by atoms with E-state index >= 15 is 0 Å². The molecular formula is C18H15N3O2S. The quantitative estimate of drug-likeness (QED) is 0.744. The number of methoxy groups -OCH3 is 1. The van der Waals surface area contributed by atoms with Crippen molar-refractivity contribution in [3.8, 4) is 29.4 Å². The predicted octanol–water partition coefficient (Wildman–Crippen LogP) is 2.99. The van der Waals surface area contributed by atoms with Gasteiger partial charge in [0.05, 0.1) is 12.6 Å². The van der Waals surface area contributed by atoms with Crippen molar-refractivity contribution in [2.24, 2.45) is 0 Å². The Hall–Kier alpha value is -2.91. The number of benzene rings is 1. The monoisotopic (exact) mass is 337 g/mol. The summed E-state index contributed by atoms with van der Waals surface area (Å²) in [6, 6.07) is 9.51. The minimum Gasteiger partial charge on any atom is -0.480 e. The number of aromatic nitrogens is 2. The number of nitrogens with one attached hydrogen (secondary N) is 1. The van der Waals surface area contributed by atoms with Crippen LogP contribution >= 0.6 is 0 Å². The Balaban J connectivity index is 2.13. The first kappa shape index (κ1) is 16.0. The standard InChI is InChI=1S/C18H15N3O2S/c1-4-12-7-8-19-16-6-5-13(9-15(12)16)14-10-17(21-24(3)22)18(23-2)20-11-14/h1,5-11,21H,2-3H3. The molecule has 120 valence electrons. The van der Waals surface area contributed by atoms with E-state index in [2.05, 4.69) is 20.6 Å². The Labute approximate surface area is 142 Å². The van der Waals surface area contributed by atoms with Gasteiger partial charge in [-0.25, -0.2) is 9.19 Å². The Morgan fingerprint density at radius 3 is 2.75 bits per heavy atom. The lowest BCUT2D eigenvalue weighted by Crippen LogP contribution is -2.04. The number of nitrogens with zero attached hydrogens (tertiary/aromatic N) is 2. The van der Waals surface area contributed by atoms with Crippen LogP contribution in [0.4, 0.5) is 5.69 Å². The largest absolute Gasteiger partial charge is 0.480 e. The van der Waals surface area contributed by atoms with Crippen LogP contribution in [0, 0.1) is 12.3 Å². The molecule has 1 N–H and O–H groups in total. The van der Waals surface area contributed by atoms with E-state index in [1.807, 2.05) is 30.3 Å². The summed E-state index contributed by atoms with van der Waals surface area (Å²) in [5, 5.41) is 0.905. The number of ether oxygens (including phenoxy) is 1. The van der Waals surface area contributed by atoms with Crippen molar-refractivity contribution in [1.29, 1.82) is 0 Å². The number of hydrogen-bond acceptors (Lipinski definition) is 4. The third-order valence-electron chi connectivity index (χ3n) is 3.53. The van der Waals surface area contributed by atoms with Crippen molar-refractivity contribution in [1.82, 2.24) is 9.97 Å². The van der Waals surface area contributed by atoms with Gasteiger partial charge in [0.1, 0.15) is 16.7 Å². The summed E-state index contributed by atoms with van der Waals surface area (Å²) in [4.78, 5) is 8.60. The lowest BCUT2D eigenvalue weighted by Gasteiger charge is -2.11. The smallest absolute Gasteiger partial charge is 0.238 e.